The number of nitrogens with zero attached hydrogens (tertiary/aromatic N) is 3. The van der Waals surface area contributed by atoms with Crippen molar-refractivity contribution in [1.29, 1.82) is 5.26 Å². The molecule has 25 heavy (non-hydrogen) atoms. The number of H-pyrrole nitrogens is 2. The van der Waals surface area contributed by atoms with Crippen molar-refractivity contribution in [3.8, 4) is 17.5 Å². The minimum absolute atomic E-state index is 0.0490. The Kier molecular flexibility index (Phi) is 3.47. The summed E-state index contributed by atoms with van der Waals surface area (Å²) in [6.45, 7) is 0.791. The second kappa shape index (κ2) is 5.79. The number of amides is 1. The Balaban J connectivity index is 1.58. The third-order valence-corrected chi connectivity index (χ3v) is 4.20. The average Bonchev–Trinajstić information content (AvgIpc) is 3.31. The lowest BCUT2D eigenvalue weighted by Crippen LogP contribution is -2.37. The van der Waals surface area contributed by atoms with Crippen LogP contribution in [0.5, 0.6) is 0 Å². The molecule has 8 heteroatoms. The SMILES string of the molecule is N#Cc1cc2c([nH]c1=O)CCN(C(=O)c1cc(-c3ccco3)[nH]n1)C2. The van der Waals surface area contributed by atoms with Crippen molar-refractivity contribution < 1.29 is 9.21 Å². The summed E-state index contributed by atoms with van der Waals surface area (Å²) >= 11 is 0. The van der Waals surface area contributed by atoms with Gasteiger partial charge in [-0.25, -0.2) is 0 Å². The number of hydrogen-bond donors (Lipinski definition) is 2. The number of pyridine rings is 1. The van der Waals surface area contributed by atoms with Gasteiger partial charge in [0.2, 0.25) is 0 Å². The van der Waals surface area contributed by atoms with E-state index < -0.39 is 5.56 Å². The summed E-state index contributed by atoms with van der Waals surface area (Å²) in [4.78, 5) is 28.7. The number of aromatic nitrogens is 3. The van der Waals surface area contributed by atoms with Crippen LogP contribution in [0.1, 0.15) is 27.3 Å². The van der Waals surface area contributed by atoms with Crippen molar-refractivity contribution in [1.82, 2.24) is 20.1 Å². The van der Waals surface area contributed by atoms with Crippen LogP contribution in [0.3, 0.4) is 0 Å². The second-order valence-corrected chi connectivity index (χ2v) is 5.75. The van der Waals surface area contributed by atoms with Crippen LogP contribution in [0.2, 0.25) is 0 Å². The number of carbonyl (C=O) groups is 1. The highest BCUT2D eigenvalue weighted by Gasteiger charge is 2.25. The number of fused-ring (bicyclic) bond motifs is 1. The largest absolute Gasteiger partial charge is 0.463 e. The van der Waals surface area contributed by atoms with Crippen molar-refractivity contribution in [2.24, 2.45) is 0 Å². The molecule has 1 aliphatic heterocycles. The maximum absolute atomic E-state index is 12.7. The van der Waals surface area contributed by atoms with Crippen LogP contribution < -0.4 is 5.56 Å². The van der Waals surface area contributed by atoms with Gasteiger partial charge in [-0.05, 0) is 23.8 Å². The van der Waals surface area contributed by atoms with Gasteiger partial charge in [0.15, 0.2) is 11.5 Å². The van der Waals surface area contributed by atoms with Gasteiger partial charge in [0, 0.05) is 31.3 Å². The summed E-state index contributed by atoms with van der Waals surface area (Å²) < 4.78 is 5.28. The summed E-state index contributed by atoms with van der Waals surface area (Å²) in [7, 11) is 0. The second-order valence-electron chi connectivity index (χ2n) is 5.75. The van der Waals surface area contributed by atoms with E-state index in [1.807, 2.05) is 6.07 Å². The molecule has 2 N–H and O–H groups in total. The van der Waals surface area contributed by atoms with Crippen LogP contribution in [-0.2, 0) is 13.0 Å². The Bertz CT molecular complexity index is 1040. The maximum atomic E-state index is 12.7. The molecule has 0 spiro atoms. The standard InChI is InChI=1S/C17H13N5O3/c18-8-10-6-11-9-22(4-3-12(11)19-16(10)23)17(24)14-7-13(20-21-14)15-2-1-5-25-15/h1-2,5-7H,3-4,9H2,(H,19,23)(H,20,21). The Labute approximate surface area is 141 Å². The predicted octanol–water partition coefficient (Wildman–Crippen LogP) is 1.43. The smallest absolute Gasteiger partial charge is 0.274 e. The molecule has 124 valence electrons. The van der Waals surface area contributed by atoms with E-state index in [0.717, 1.165) is 11.3 Å². The number of aromatic amines is 2. The molecule has 4 rings (SSSR count). The van der Waals surface area contributed by atoms with Crippen LogP contribution >= 0.6 is 0 Å². The van der Waals surface area contributed by atoms with E-state index in [2.05, 4.69) is 15.2 Å². The molecule has 0 bridgehead atoms. The normalized spacial score (nSPS) is 13.3. The summed E-state index contributed by atoms with van der Waals surface area (Å²) in [6.07, 6.45) is 2.07. The third kappa shape index (κ3) is 2.61. The lowest BCUT2D eigenvalue weighted by atomic mass is 10.0. The molecule has 0 unspecified atom stereocenters. The average molecular weight is 335 g/mol. The zero-order chi connectivity index (χ0) is 17.4. The predicted molar refractivity (Wildman–Crippen MR) is 86.5 cm³/mol. The van der Waals surface area contributed by atoms with Gasteiger partial charge in [-0.15, -0.1) is 0 Å². The highest BCUT2D eigenvalue weighted by Crippen LogP contribution is 2.21. The third-order valence-electron chi connectivity index (χ3n) is 4.20. The molecule has 1 aliphatic rings. The monoisotopic (exact) mass is 335 g/mol. The Morgan fingerprint density at radius 1 is 1.40 bits per heavy atom. The zero-order valence-corrected chi connectivity index (χ0v) is 13.1. The first-order valence-electron chi connectivity index (χ1n) is 7.69. The van der Waals surface area contributed by atoms with Crippen LogP contribution in [0.25, 0.3) is 11.5 Å². The van der Waals surface area contributed by atoms with Crippen LogP contribution in [0, 0.1) is 11.3 Å². The molecule has 8 nitrogen and oxygen atoms in total. The molecule has 0 aromatic carbocycles. The molecule has 0 saturated heterocycles. The highest BCUT2D eigenvalue weighted by molar-refractivity contribution is 5.93. The summed E-state index contributed by atoms with van der Waals surface area (Å²) in [5.74, 6) is 0.385. The molecule has 3 aromatic heterocycles. The van der Waals surface area contributed by atoms with Gasteiger partial charge in [-0.3, -0.25) is 14.7 Å². The van der Waals surface area contributed by atoms with E-state index in [-0.39, 0.29) is 11.5 Å². The van der Waals surface area contributed by atoms with Crippen molar-refractivity contribution >= 4 is 5.91 Å². The molecular formula is C17H13N5O3. The molecule has 1 amide bonds. The Hall–Kier alpha value is -3.60. The van der Waals surface area contributed by atoms with E-state index in [1.165, 1.54) is 0 Å². The molecule has 0 radical (unpaired) electrons. The van der Waals surface area contributed by atoms with Gasteiger partial charge in [-0.2, -0.15) is 10.4 Å². The number of furan rings is 1. The number of rotatable bonds is 2. The Morgan fingerprint density at radius 3 is 3.04 bits per heavy atom. The fourth-order valence-corrected chi connectivity index (χ4v) is 2.91. The minimum atomic E-state index is -0.392. The first kappa shape index (κ1) is 15.0. The number of hydrogen-bond acceptors (Lipinski definition) is 5. The molecule has 4 heterocycles. The fourth-order valence-electron chi connectivity index (χ4n) is 2.91. The van der Waals surface area contributed by atoms with Gasteiger partial charge < -0.3 is 14.3 Å². The molecule has 0 atom stereocenters. The first-order chi connectivity index (χ1) is 12.2. The van der Waals surface area contributed by atoms with E-state index >= 15 is 0 Å². The number of nitriles is 1. The van der Waals surface area contributed by atoms with E-state index in [0.29, 0.717) is 36.7 Å². The van der Waals surface area contributed by atoms with E-state index in [9.17, 15) is 9.59 Å². The maximum Gasteiger partial charge on any atom is 0.274 e. The summed E-state index contributed by atoms with van der Waals surface area (Å²) in [6, 6.07) is 8.59. The first-order valence-corrected chi connectivity index (χ1v) is 7.69. The van der Waals surface area contributed by atoms with E-state index in [4.69, 9.17) is 9.68 Å². The number of carbonyl (C=O) groups excluding carboxylic acids is 1. The zero-order valence-electron chi connectivity index (χ0n) is 13.1. The van der Waals surface area contributed by atoms with Gasteiger partial charge in [0.1, 0.15) is 17.3 Å². The van der Waals surface area contributed by atoms with Crippen LogP contribution in [-0.4, -0.2) is 32.5 Å². The minimum Gasteiger partial charge on any atom is -0.463 e. The van der Waals surface area contributed by atoms with Gasteiger partial charge in [-0.1, -0.05) is 0 Å². The molecule has 3 aromatic rings. The van der Waals surface area contributed by atoms with Crippen LogP contribution in [0.4, 0.5) is 0 Å². The van der Waals surface area contributed by atoms with Gasteiger partial charge >= 0.3 is 0 Å². The lowest BCUT2D eigenvalue weighted by Gasteiger charge is -2.28. The Morgan fingerprint density at radius 2 is 2.28 bits per heavy atom. The molecule has 0 fully saturated rings. The summed E-state index contributed by atoms with van der Waals surface area (Å²) in [5, 5.41) is 15.8. The van der Waals surface area contributed by atoms with E-state index in [1.54, 1.807) is 35.4 Å². The topological polar surface area (TPSA) is 119 Å². The van der Waals surface area contributed by atoms with Crippen molar-refractivity contribution in [2.75, 3.05) is 6.54 Å². The highest BCUT2D eigenvalue weighted by atomic mass is 16.3. The van der Waals surface area contributed by atoms with Gasteiger partial charge in [0.25, 0.3) is 11.5 Å². The fraction of sp³-hybridized carbons (Fsp3) is 0.176. The molecular weight excluding hydrogens is 322 g/mol. The quantitative estimate of drug-likeness (QED) is 0.734. The number of nitrogens with one attached hydrogen (secondary N) is 2. The van der Waals surface area contributed by atoms with Gasteiger partial charge in [0.05, 0.1) is 6.26 Å². The van der Waals surface area contributed by atoms with Crippen LogP contribution in [0.15, 0.2) is 39.7 Å². The van der Waals surface area contributed by atoms with Crippen molar-refractivity contribution in [3.63, 3.8) is 0 Å². The van der Waals surface area contributed by atoms with Crippen molar-refractivity contribution in [3.05, 3.63) is 63.4 Å². The molecule has 0 aliphatic carbocycles. The lowest BCUT2D eigenvalue weighted by molar-refractivity contribution is 0.0727. The molecule has 0 saturated carbocycles. The van der Waals surface area contributed by atoms with Crippen molar-refractivity contribution in [2.45, 2.75) is 13.0 Å². The summed E-state index contributed by atoms with van der Waals surface area (Å²) in [5.41, 5.74) is 2.12.